The van der Waals surface area contributed by atoms with E-state index in [1.165, 1.54) is 0 Å². The predicted octanol–water partition coefficient (Wildman–Crippen LogP) is 0.682. The summed E-state index contributed by atoms with van der Waals surface area (Å²) in [4.78, 5) is 15.3. The quantitative estimate of drug-likeness (QED) is 0.566. The molecule has 1 fully saturated rings. The molecule has 0 aliphatic carbocycles. The van der Waals surface area contributed by atoms with Gasteiger partial charge in [0.2, 0.25) is 5.91 Å². The van der Waals surface area contributed by atoms with Crippen molar-refractivity contribution < 1.29 is 4.79 Å². The maximum atomic E-state index is 11.4. The van der Waals surface area contributed by atoms with Crippen LogP contribution in [0.15, 0.2) is 12.2 Å². The molecule has 1 heterocycles. The van der Waals surface area contributed by atoms with Crippen molar-refractivity contribution in [2.24, 2.45) is 0 Å². The van der Waals surface area contributed by atoms with E-state index >= 15 is 0 Å². The van der Waals surface area contributed by atoms with E-state index in [1.807, 2.05) is 19.0 Å². The summed E-state index contributed by atoms with van der Waals surface area (Å²) in [6.45, 7) is 6.27. The Hall–Kier alpha value is -0.830. The van der Waals surface area contributed by atoms with Gasteiger partial charge in [-0.15, -0.1) is 0 Å². The second-order valence-corrected chi connectivity index (χ2v) is 3.51. The Kier molecular flexibility index (Phi) is 2.52. The molecule has 0 saturated carbocycles. The molecule has 0 spiro atoms. The van der Waals surface area contributed by atoms with E-state index in [4.69, 9.17) is 0 Å². The number of carbonyl (C=O) groups excluding carboxylic acids is 1. The number of amides is 1. The molecular formula is C9H16N2O. The third-order valence-corrected chi connectivity index (χ3v) is 2.21. The van der Waals surface area contributed by atoms with Gasteiger partial charge >= 0.3 is 0 Å². The summed E-state index contributed by atoms with van der Waals surface area (Å²) in [7, 11) is 3.98. The van der Waals surface area contributed by atoms with Crippen molar-refractivity contribution in [1.29, 1.82) is 0 Å². The van der Waals surface area contributed by atoms with Crippen LogP contribution in [0.1, 0.15) is 13.3 Å². The molecule has 0 aromatic heterocycles. The molecule has 1 amide bonds. The van der Waals surface area contributed by atoms with Gasteiger partial charge in [-0.3, -0.25) is 9.69 Å². The second kappa shape index (κ2) is 3.27. The zero-order valence-corrected chi connectivity index (χ0v) is 8.00. The fourth-order valence-corrected chi connectivity index (χ4v) is 1.39. The molecule has 0 aromatic carbocycles. The average Bonchev–Trinajstić information content (AvgIpc) is 1.82. The molecule has 3 nitrogen and oxygen atoms in total. The van der Waals surface area contributed by atoms with Crippen molar-refractivity contribution in [3.8, 4) is 0 Å². The number of nitrogens with zero attached hydrogens (tertiary/aromatic N) is 2. The Labute approximate surface area is 73.6 Å². The van der Waals surface area contributed by atoms with E-state index in [0.29, 0.717) is 5.57 Å². The lowest BCUT2D eigenvalue weighted by Gasteiger charge is -2.44. The van der Waals surface area contributed by atoms with Crippen LogP contribution < -0.4 is 0 Å². The van der Waals surface area contributed by atoms with Crippen LogP contribution in [0.25, 0.3) is 0 Å². The highest BCUT2D eigenvalue weighted by Gasteiger charge is 2.33. The SMILES string of the molecule is C=C(C)C(=O)N1CCC1N(C)C. The third kappa shape index (κ3) is 1.50. The molecule has 0 radical (unpaired) electrons. The van der Waals surface area contributed by atoms with Crippen LogP contribution in [0, 0.1) is 0 Å². The van der Waals surface area contributed by atoms with Crippen molar-refractivity contribution >= 4 is 5.91 Å². The maximum Gasteiger partial charge on any atom is 0.250 e. The van der Waals surface area contributed by atoms with Crippen molar-refractivity contribution in [3.05, 3.63) is 12.2 Å². The predicted molar refractivity (Wildman–Crippen MR) is 48.6 cm³/mol. The van der Waals surface area contributed by atoms with Gasteiger partial charge in [-0.2, -0.15) is 0 Å². The minimum absolute atomic E-state index is 0.0833. The molecule has 1 aliphatic rings. The van der Waals surface area contributed by atoms with E-state index < -0.39 is 0 Å². The maximum absolute atomic E-state index is 11.4. The third-order valence-electron chi connectivity index (χ3n) is 2.21. The highest BCUT2D eigenvalue weighted by atomic mass is 16.2. The molecule has 0 bridgehead atoms. The standard InChI is InChI=1S/C9H16N2O/c1-7(2)9(12)11-6-5-8(11)10(3)4/h8H,1,5-6H2,2-4H3. The largest absolute Gasteiger partial charge is 0.323 e. The summed E-state index contributed by atoms with van der Waals surface area (Å²) < 4.78 is 0. The van der Waals surface area contributed by atoms with E-state index in [-0.39, 0.29) is 12.1 Å². The molecule has 12 heavy (non-hydrogen) atoms. The lowest BCUT2D eigenvalue weighted by atomic mass is 10.1. The minimum Gasteiger partial charge on any atom is -0.323 e. The van der Waals surface area contributed by atoms with Crippen LogP contribution in [0.5, 0.6) is 0 Å². The van der Waals surface area contributed by atoms with Crippen molar-refractivity contribution in [2.45, 2.75) is 19.5 Å². The van der Waals surface area contributed by atoms with Gasteiger partial charge in [0, 0.05) is 12.1 Å². The van der Waals surface area contributed by atoms with Gasteiger partial charge in [0.15, 0.2) is 0 Å². The van der Waals surface area contributed by atoms with Crippen LogP contribution in [0.4, 0.5) is 0 Å². The number of hydrogen-bond acceptors (Lipinski definition) is 2. The molecule has 1 unspecified atom stereocenters. The fraction of sp³-hybridized carbons (Fsp3) is 0.667. The summed E-state index contributed by atoms with van der Waals surface area (Å²) in [6.07, 6.45) is 1.36. The molecule has 1 saturated heterocycles. The smallest absolute Gasteiger partial charge is 0.250 e. The zero-order chi connectivity index (χ0) is 9.30. The Morgan fingerprint density at radius 3 is 2.42 bits per heavy atom. The van der Waals surface area contributed by atoms with Crippen LogP contribution in [0.2, 0.25) is 0 Å². The van der Waals surface area contributed by atoms with Gasteiger partial charge in [0.1, 0.15) is 0 Å². The van der Waals surface area contributed by atoms with Gasteiger partial charge < -0.3 is 4.90 Å². The van der Waals surface area contributed by atoms with Crippen molar-refractivity contribution in [1.82, 2.24) is 9.80 Å². The monoisotopic (exact) mass is 168 g/mol. The molecule has 3 heteroatoms. The number of hydrogen-bond donors (Lipinski definition) is 0. The van der Waals surface area contributed by atoms with Gasteiger partial charge in [-0.25, -0.2) is 0 Å². The molecule has 1 atom stereocenters. The molecule has 0 N–H and O–H groups in total. The molecular weight excluding hydrogens is 152 g/mol. The van der Waals surface area contributed by atoms with Gasteiger partial charge in [-0.1, -0.05) is 6.58 Å². The highest BCUT2D eigenvalue weighted by Crippen LogP contribution is 2.20. The lowest BCUT2D eigenvalue weighted by molar-refractivity contribution is -0.140. The fourth-order valence-electron chi connectivity index (χ4n) is 1.39. The lowest BCUT2D eigenvalue weighted by Crippen LogP contribution is -2.57. The average molecular weight is 168 g/mol. The summed E-state index contributed by atoms with van der Waals surface area (Å²) in [5, 5.41) is 0. The summed E-state index contributed by atoms with van der Waals surface area (Å²) in [6, 6.07) is 0. The number of rotatable bonds is 2. The Bertz CT molecular complexity index is 211. The summed E-state index contributed by atoms with van der Waals surface area (Å²) >= 11 is 0. The molecule has 1 aliphatic heterocycles. The first-order valence-corrected chi connectivity index (χ1v) is 4.17. The normalized spacial score (nSPS) is 22.3. The number of likely N-dealkylation sites (tertiary alicyclic amines) is 1. The molecule has 1 rings (SSSR count). The first kappa shape index (κ1) is 9.26. The van der Waals surface area contributed by atoms with E-state index in [1.54, 1.807) is 6.92 Å². The first-order chi connectivity index (χ1) is 5.54. The van der Waals surface area contributed by atoms with Gasteiger partial charge in [0.05, 0.1) is 6.17 Å². The van der Waals surface area contributed by atoms with Crippen LogP contribution in [-0.4, -0.2) is 42.5 Å². The van der Waals surface area contributed by atoms with Crippen LogP contribution >= 0.6 is 0 Å². The van der Waals surface area contributed by atoms with Crippen molar-refractivity contribution in [2.75, 3.05) is 20.6 Å². The second-order valence-electron chi connectivity index (χ2n) is 3.51. The van der Waals surface area contributed by atoms with Crippen LogP contribution in [-0.2, 0) is 4.79 Å². The Morgan fingerprint density at radius 1 is 1.58 bits per heavy atom. The van der Waals surface area contributed by atoms with Crippen molar-refractivity contribution in [3.63, 3.8) is 0 Å². The molecule has 0 aromatic rings. The van der Waals surface area contributed by atoms with E-state index in [0.717, 1.165) is 13.0 Å². The molecule has 68 valence electrons. The number of carbonyl (C=O) groups is 1. The topological polar surface area (TPSA) is 23.6 Å². The Morgan fingerprint density at radius 2 is 2.17 bits per heavy atom. The highest BCUT2D eigenvalue weighted by molar-refractivity contribution is 5.92. The Balaban J connectivity index is 2.55. The van der Waals surface area contributed by atoms with E-state index in [9.17, 15) is 4.79 Å². The zero-order valence-electron chi connectivity index (χ0n) is 8.00. The van der Waals surface area contributed by atoms with Crippen LogP contribution in [0.3, 0.4) is 0 Å². The minimum atomic E-state index is 0.0833. The van der Waals surface area contributed by atoms with E-state index in [2.05, 4.69) is 11.5 Å². The van der Waals surface area contributed by atoms with Gasteiger partial charge in [-0.05, 0) is 27.4 Å². The summed E-state index contributed by atoms with van der Waals surface area (Å²) in [5.41, 5.74) is 0.626. The first-order valence-electron chi connectivity index (χ1n) is 4.17. The van der Waals surface area contributed by atoms with Gasteiger partial charge in [0.25, 0.3) is 0 Å². The summed E-state index contributed by atoms with van der Waals surface area (Å²) in [5.74, 6) is 0.0833.